The summed E-state index contributed by atoms with van der Waals surface area (Å²) in [5.41, 5.74) is 4.17. The van der Waals surface area contributed by atoms with Gasteiger partial charge in [0.1, 0.15) is 0 Å². The number of benzene rings is 1. The van der Waals surface area contributed by atoms with Crippen LogP contribution in [0.25, 0.3) is 0 Å². The maximum atomic E-state index is 4.93. The van der Waals surface area contributed by atoms with Gasteiger partial charge in [0.25, 0.3) is 0 Å². The first kappa shape index (κ1) is 22.5. The van der Waals surface area contributed by atoms with E-state index in [4.69, 9.17) is 12.6 Å². The normalized spacial score (nSPS) is 11.9. The van der Waals surface area contributed by atoms with Crippen LogP contribution in [0, 0.1) is 0 Å². The van der Waals surface area contributed by atoms with Gasteiger partial charge in [-0.15, -0.1) is 12.6 Å². The highest BCUT2D eigenvalue weighted by Gasteiger charge is 2.14. The molecule has 0 N–H and O–H groups in total. The first-order valence-electron chi connectivity index (χ1n) is 10.0. The molecule has 0 saturated heterocycles. The molecule has 0 heterocycles. The predicted molar refractivity (Wildman–Crippen MR) is 114 cm³/mol. The number of thiol groups is 1. The number of hydrogen-bond donors (Lipinski definition) is 1. The van der Waals surface area contributed by atoms with Gasteiger partial charge in [0, 0.05) is 24.5 Å². The van der Waals surface area contributed by atoms with Gasteiger partial charge in [-0.05, 0) is 56.0 Å². The van der Waals surface area contributed by atoms with Crippen molar-refractivity contribution >= 4 is 12.6 Å². The second-order valence-electron chi connectivity index (χ2n) is 6.65. The molecule has 0 unspecified atom stereocenters. The van der Waals surface area contributed by atoms with E-state index in [-0.39, 0.29) is 0 Å². The van der Waals surface area contributed by atoms with Crippen molar-refractivity contribution in [2.45, 2.75) is 66.1 Å². The summed E-state index contributed by atoms with van der Waals surface area (Å²) in [5.74, 6) is 0. The maximum absolute atomic E-state index is 4.93. The largest absolute Gasteiger partial charge is 0.300 e. The van der Waals surface area contributed by atoms with Crippen molar-refractivity contribution in [3.63, 3.8) is 0 Å². The Labute approximate surface area is 161 Å². The Balaban J connectivity index is 3.19. The maximum Gasteiger partial charge on any atom is 0.0244 e. The highest BCUT2D eigenvalue weighted by molar-refractivity contribution is 7.80. The number of nitrogens with zero attached hydrogens (tertiary/aromatic N) is 3. The van der Waals surface area contributed by atoms with Crippen LogP contribution in [0.1, 0.15) is 58.2 Å². The Hall–Kier alpha value is -0.550. The van der Waals surface area contributed by atoms with Crippen LogP contribution in [0.5, 0.6) is 0 Å². The molecule has 0 spiro atoms. The molecule has 0 bridgehead atoms. The van der Waals surface area contributed by atoms with Crippen LogP contribution in [-0.4, -0.2) is 54.0 Å². The second-order valence-corrected chi connectivity index (χ2v) is 7.09. The molecule has 0 fully saturated rings. The second kappa shape index (κ2) is 11.9. The van der Waals surface area contributed by atoms with Gasteiger partial charge in [-0.2, -0.15) is 0 Å². The van der Waals surface area contributed by atoms with Gasteiger partial charge in [-0.1, -0.05) is 53.7 Å². The van der Waals surface area contributed by atoms with Crippen LogP contribution in [-0.2, 0) is 19.6 Å². The van der Waals surface area contributed by atoms with Crippen LogP contribution >= 0.6 is 12.6 Å². The summed E-state index contributed by atoms with van der Waals surface area (Å²) in [7, 11) is 0. The molecule has 0 atom stereocenters. The van der Waals surface area contributed by atoms with Crippen LogP contribution in [0.3, 0.4) is 0 Å². The molecule has 0 aliphatic carbocycles. The lowest BCUT2D eigenvalue weighted by atomic mass is 10.0. The average molecular weight is 366 g/mol. The monoisotopic (exact) mass is 365 g/mol. The third-order valence-corrected chi connectivity index (χ3v) is 5.78. The Kier molecular flexibility index (Phi) is 10.7. The van der Waals surface area contributed by atoms with Crippen molar-refractivity contribution in [2.75, 3.05) is 39.3 Å². The summed E-state index contributed by atoms with van der Waals surface area (Å²) in [4.78, 5) is 8.60. The zero-order valence-electron chi connectivity index (χ0n) is 17.3. The minimum Gasteiger partial charge on any atom is -0.300 e. The molecular formula is C21H39N3S. The van der Waals surface area contributed by atoms with E-state index >= 15 is 0 Å². The van der Waals surface area contributed by atoms with E-state index in [0.717, 1.165) is 58.9 Å². The van der Waals surface area contributed by atoms with Gasteiger partial charge in [0.15, 0.2) is 0 Å². The predicted octanol–water partition coefficient (Wildman–Crippen LogP) is 4.50. The van der Waals surface area contributed by atoms with E-state index in [1.807, 2.05) is 0 Å². The van der Waals surface area contributed by atoms with Crippen LogP contribution < -0.4 is 0 Å². The Morgan fingerprint density at radius 3 is 1.24 bits per heavy atom. The topological polar surface area (TPSA) is 9.72 Å². The molecule has 1 aromatic rings. The molecule has 144 valence electrons. The summed E-state index contributed by atoms with van der Waals surface area (Å²) < 4.78 is 0. The summed E-state index contributed by atoms with van der Waals surface area (Å²) in [6.45, 7) is 22.9. The fourth-order valence-corrected chi connectivity index (χ4v) is 3.52. The van der Waals surface area contributed by atoms with Gasteiger partial charge < -0.3 is 0 Å². The third-order valence-electron chi connectivity index (χ3n) is 5.20. The highest BCUT2D eigenvalue weighted by atomic mass is 32.1. The van der Waals surface area contributed by atoms with Gasteiger partial charge >= 0.3 is 0 Å². The van der Waals surface area contributed by atoms with Gasteiger partial charge in [-0.25, -0.2) is 0 Å². The lowest BCUT2D eigenvalue weighted by Crippen LogP contribution is -2.26. The minimum atomic E-state index is 0.989. The highest BCUT2D eigenvalue weighted by Crippen LogP contribution is 2.25. The van der Waals surface area contributed by atoms with Crippen molar-refractivity contribution < 1.29 is 0 Å². The summed E-state index contributed by atoms with van der Waals surface area (Å²) >= 11 is 4.93. The van der Waals surface area contributed by atoms with Gasteiger partial charge in [-0.3, -0.25) is 14.7 Å². The fourth-order valence-electron chi connectivity index (χ4n) is 3.25. The van der Waals surface area contributed by atoms with Crippen molar-refractivity contribution in [1.82, 2.24) is 14.7 Å². The molecule has 25 heavy (non-hydrogen) atoms. The molecular weight excluding hydrogens is 326 g/mol. The first-order chi connectivity index (χ1) is 12.0. The molecule has 4 heteroatoms. The lowest BCUT2D eigenvalue weighted by Gasteiger charge is -2.25. The van der Waals surface area contributed by atoms with Crippen molar-refractivity contribution in [1.29, 1.82) is 0 Å². The fraction of sp³-hybridized carbons (Fsp3) is 0.714. The molecule has 0 radical (unpaired) electrons. The van der Waals surface area contributed by atoms with Crippen LogP contribution in [0.15, 0.2) is 17.0 Å². The lowest BCUT2D eigenvalue weighted by molar-refractivity contribution is 0.283. The van der Waals surface area contributed by atoms with E-state index in [1.54, 1.807) is 0 Å². The number of hydrogen-bond acceptors (Lipinski definition) is 4. The average Bonchev–Trinajstić information content (AvgIpc) is 2.64. The van der Waals surface area contributed by atoms with E-state index in [0.29, 0.717) is 0 Å². The Morgan fingerprint density at radius 2 is 0.920 bits per heavy atom. The molecule has 0 aliphatic heterocycles. The third kappa shape index (κ3) is 6.93. The molecule has 0 aromatic heterocycles. The van der Waals surface area contributed by atoms with Crippen molar-refractivity contribution in [2.24, 2.45) is 0 Å². The van der Waals surface area contributed by atoms with E-state index in [2.05, 4.69) is 68.4 Å². The van der Waals surface area contributed by atoms with Gasteiger partial charge in [0.05, 0.1) is 0 Å². The zero-order valence-corrected chi connectivity index (χ0v) is 18.2. The molecule has 0 aliphatic rings. The minimum absolute atomic E-state index is 0.989. The number of rotatable bonds is 12. The molecule has 1 aromatic carbocycles. The summed E-state index contributed by atoms with van der Waals surface area (Å²) in [6.07, 6.45) is 0. The van der Waals surface area contributed by atoms with Crippen molar-refractivity contribution in [3.8, 4) is 0 Å². The molecule has 3 nitrogen and oxygen atoms in total. The van der Waals surface area contributed by atoms with E-state index < -0.39 is 0 Å². The Morgan fingerprint density at radius 1 is 0.600 bits per heavy atom. The van der Waals surface area contributed by atoms with E-state index in [9.17, 15) is 0 Å². The Bertz CT molecular complexity index is 457. The van der Waals surface area contributed by atoms with Crippen LogP contribution in [0.4, 0.5) is 0 Å². The van der Waals surface area contributed by atoms with Gasteiger partial charge in [0.2, 0.25) is 0 Å². The molecule has 1 rings (SSSR count). The zero-order chi connectivity index (χ0) is 18.8. The summed E-state index contributed by atoms with van der Waals surface area (Å²) in [5, 5.41) is 0. The molecule has 0 amide bonds. The summed E-state index contributed by atoms with van der Waals surface area (Å²) in [6, 6.07) is 4.76. The van der Waals surface area contributed by atoms with Crippen molar-refractivity contribution in [3.05, 3.63) is 28.8 Å². The quantitative estimate of drug-likeness (QED) is 0.547. The molecule has 0 saturated carbocycles. The first-order valence-corrected chi connectivity index (χ1v) is 10.5. The SMILES string of the molecule is CCN(CC)Cc1cc(CN(CC)CC)c(S)c(CN(CC)CC)c1. The smallest absolute Gasteiger partial charge is 0.0244 e. The standard InChI is InChI=1S/C21H39N3S/c1-7-22(8-2)15-18-13-19(16-23(9-3)10-4)21(25)20(14-18)17-24(11-5)12-6/h13-14,25H,7-12,15-17H2,1-6H3. The van der Waals surface area contributed by atoms with E-state index in [1.165, 1.54) is 21.6 Å². The van der Waals surface area contributed by atoms with Crippen LogP contribution in [0.2, 0.25) is 0 Å².